The van der Waals surface area contributed by atoms with Crippen LogP contribution in [0.1, 0.15) is 12.0 Å². The van der Waals surface area contributed by atoms with Gasteiger partial charge in [0.15, 0.2) is 5.96 Å². The molecule has 1 heterocycles. The number of halogens is 5. The fourth-order valence-electron chi connectivity index (χ4n) is 2.83. The monoisotopic (exact) mass is 394 g/mol. The third-order valence-electron chi connectivity index (χ3n) is 3.97. The lowest BCUT2D eigenvalue weighted by molar-refractivity contribution is -0.143. The predicted octanol–water partition coefficient (Wildman–Crippen LogP) is 2.63. The molecular formula is C17H23F5N4O. The standard InChI is InChI=1S/C17H23F5N4O/c1-23-16(25-13-5-6-26(9-13)11-17(20,21)22)24-8-12-3-2-4-14(7-12)27-10-15(18)19/h2-4,7,13,15H,5-6,8-11H2,1H3,(H2,23,24,25). The molecule has 2 rings (SSSR count). The van der Waals surface area contributed by atoms with Crippen molar-refractivity contribution in [3.05, 3.63) is 29.8 Å². The van der Waals surface area contributed by atoms with Crippen molar-refractivity contribution in [2.75, 3.05) is 33.3 Å². The van der Waals surface area contributed by atoms with Crippen LogP contribution >= 0.6 is 0 Å². The molecule has 27 heavy (non-hydrogen) atoms. The van der Waals surface area contributed by atoms with Gasteiger partial charge in [-0.3, -0.25) is 9.89 Å². The molecule has 1 fully saturated rings. The van der Waals surface area contributed by atoms with Crippen molar-refractivity contribution in [3.8, 4) is 5.75 Å². The number of nitrogens with one attached hydrogen (secondary N) is 2. The molecule has 1 saturated heterocycles. The summed E-state index contributed by atoms with van der Waals surface area (Å²) in [6.07, 6.45) is -6.15. The maximum absolute atomic E-state index is 12.5. The number of rotatable bonds is 7. The van der Waals surface area contributed by atoms with E-state index in [-0.39, 0.29) is 12.6 Å². The minimum atomic E-state index is -4.20. The Labute approximate surface area is 154 Å². The van der Waals surface area contributed by atoms with Gasteiger partial charge < -0.3 is 15.4 Å². The molecule has 0 bridgehead atoms. The van der Waals surface area contributed by atoms with Gasteiger partial charge in [0.05, 0.1) is 6.54 Å². The molecule has 0 radical (unpaired) electrons. The van der Waals surface area contributed by atoms with Crippen LogP contribution in [0.15, 0.2) is 29.3 Å². The summed E-state index contributed by atoms with van der Waals surface area (Å²) < 4.78 is 66.8. The molecular weight excluding hydrogens is 371 g/mol. The number of benzene rings is 1. The van der Waals surface area contributed by atoms with E-state index in [1.54, 1.807) is 31.3 Å². The molecule has 0 spiro atoms. The van der Waals surface area contributed by atoms with Crippen LogP contribution in [0.4, 0.5) is 22.0 Å². The van der Waals surface area contributed by atoms with Crippen LogP contribution in [0.2, 0.25) is 0 Å². The highest BCUT2D eigenvalue weighted by Gasteiger charge is 2.34. The summed E-state index contributed by atoms with van der Waals surface area (Å²) in [6, 6.07) is 6.60. The van der Waals surface area contributed by atoms with E-state index in [0.29, 0.717) is 31.2 Å². The maximum atomic E-state index is 12.5. The molecule has 1 aromatic carbocycles. The first-order chi connectivity index (χ1) is 12.7. The Morgan fingerprint density at radius 2 is 2.15 bits per heavy atom. The molecule has 1 atom stereocenters. The number of hydrogen-bond donors (Lipinski definition) is 2. The predicted molar refractivity (Wildman–Crippen MR) is 92.2 cm³/mol. The van der Waals surface area contributed by atoms with Gasteiger partial charge in [-0.2, -0.15) is 13.2 Å². The Morgan fingerprint density at radius 3 is 2.81 bits per heavy atom. The van der Waals surface area contributed by atoms with Crippen molar-refractivity contribution in [1.29, 1.82) is 0 Å². The van der Waals surface area contributed by atoms with Crippen LogP contribution in [0.5, 0.6) is 5.75 Å². The van der Waals surface area contributed by atoms with E-state index >= 15 is 0 Å². The van der Waals surface area contributed by atoms with Crippen LogP contribution < -0.4 is 15.4 Å². The zero-order chi connectivity index (χ0) is 19.9. The molecule has 1 aliphatic heterocycles. The number of aliphatic imine (C=N–C) groups is 1. The molecule has 1 aliphatic rings. The van der Waals surface area contributed by atoms with Gasteiger partial charge >= 0.3 is 6.18 Å². The SMILES string of the molecule is CN=C(NCc1cccc(OCC(F)F)c1)NC1CCN(CC(F)(F)F)C1. The number of likely N-dealkylation sites (tertiary alicyclic amines) is 1. The minimum Gasteiger partial charge on any atom is -0.488 e. The molecule has 0 aromatic heterocycles. The summed E-state index contributed by atoms with van der Waals surface area (Å²) in [4.78, 5) is 5.43. The molecule has 152 valence electrons. The van der Waals surface area contributed by atoms with Crippen molar-refractivity contribution in [1.82, 2.24) is 15.5 Å². The minimum absolute atomic E-state index is 0.126. The first-order valence-electron chi connectivity index (χ1n) is 8.51. The Hall–Kier alpha value is -2.10. The fourth-order valence-corrected chi connectivity index (χ4v) is 2.83. The molecule has 1 aromatic rings. The second-order valence-electron chi connectivity index (χ2n) is 6.26. The molecule has 0 amide bonds. The highest BCUT2D eigenvalue weighted by molar-refractivity contribution is 5.80. The normalized spacial score (nSPS) is 18.8. The maximum Gasteiger partial charge on any atom is 0.401 e. The summed E-state index contributed by atoms with van der Waals surface area (Å²) in [5.74, 6) is 0.809. The topological polar surface area (TPSA) is 48.9 Å². The van der Waals surface area contributed by atoms with E-state index in [2.05, 4.69) is 15.6 Å². The molecule has 0 saturated carbocycles. The van der Waals surface area contributed by atoms with Crippen molar-refractivity contribution >= 4 is 5.96 Å². The summed E-state index contributed by atoms with van der Waals surface area (Å²) in [6.45, 7) is -0.557. The van der Waals surface area contributed by atoms with E-state index in [0.717, 1.165) is 5.56 Å². The van der Waals surface area contributed by atoms with Crippen LogP contribution in [0.3, 0.4) is 0 Å². The van der Waals surface area contributed by atoms with Gasteiger partial charge in [-0.15, -0.1) is 0 Å². The van der Waals surface area contributed by atoms with Gasteiger partial charge in [-0.1, -0.05) is 12.1 Å². The summed E-state index contributed by atoms with van der Waals surface area (Å²) in [5, 5.41) is 6.17. The Kier molecular flexibility index (Phi) is 7.64. The summed E-state index contributed by atoms with van der Waals surface area (Å²) >= 11 is 0. The number of ether oxygens (including phenoxy) is 1. The Morgan fingerprint density at radius 1 is 1.37 bits per heavy atom. The number of guanidine groups is 1. The molecule has 10 heteroatoms. The summed E-state index contributed by atoms with van der Waals surface area (Å²) in [7, 11) is 1.57. The van der Waals surface area contributed by atoms with E-state index in [1.807, 2.05) is 0 Å². The van der Waals surface area contributed by atoms with Crippen LogP contribution in [0.25, 0.3) is 0 Å². The first-order valence-corrected chi connectivity index (χ1v) is 8.51. The van der Waals surface area contributed by atoms with Gasteiger partial charge in [0.25, 0.3) is 6.43 Å². The lowest BCUT2D eigenvalue weighted by Gasteiger charge is -2.20. The van der Waals surface area contributed by atoms with Gasteiger partial charge in [-0.25, -0.2) is 8.78 Å². The first kappa shape index (κ1) is 21.2. The Bertz CT molecular complexity index is 624. The number of hydrogen-bond acceptors (Lipinski definition) is 3. The van der Waals surface area contributed by atoms with Crippen molar-refractivity contribution in [3.63, 3.8) is 0 Å². The second-order valence-corrected chi connectivity index (χ2v) is 6.26. The Balaban J connectivity index is 1.80. The van der Waals surface area contributed by atoms with Crippen molar-refractivity contribution < 1.29 is 26.7 Å². The quantitative estimate of drug-likeness (QED) is 0.424. The van der Waals surface area contributed by atoms with Gasteiger partial charge in [-0.05, 0) is 24.1 Å². The molecule has 2 N–H and O–H groups in total. The smallest absolute Gasteiger partial charge is 0.401 e. The lowest BCUT2D eigenvalue weighted by atomic mass is 10.2. The molecule has 1 unspecified atom stereocenters. The fraction of sp³-hybridized carbons (Fsp3) is 0.588. The van der Waals surface area contributed by atoms with Gasteiger partial charge in [0, 0.05) is 32.7 Å². The largest absolute Gasteiger partial charge is 0.488 e. The third-order valence-corrected chi connectivity index (χ3v) is 3.97. The summed E-state index contributed by atoms with van der Waals surface area (Å²) in [5.41, 5.74) is 0.801. The zero-order valence-electron chi connectivity index (χ0n) is 14.9. The highest BCUT2D eigenvalue weighted by Crippen LogP contribution is 2.20. The van der Waals surface area contributed by atoms with Crippen molar-refractivity contribution in [2.45, 2.75) is 31.6 Å². The zero-order valence-corrected chi connectivity index (χ0v) is 14.9. The highest BCUT2D eigenvalue weighted by atomic mass is 19.4. The van der Waals surface area contributed by atoms with Gasteiger partial charge in [0.2, 0.25) is 0 Å². The van der Waals surface area contributed by atoms with E-state index in [1.165, 1.54) is 4.90 Å². The van der Waals surface area contributed by atoms with E-state index < -0.39 is 25.8 Å². The average Bonchev–Trinajstić information content (AvgIpc) is 3.02. The third kappa shape index (κ3) is 7.98. The van der Waals surface area contributed by atoms with Crippen LogP contribution in [-0.4, -0.2) is 62.8 Å². The van der Waals surface area contributed by atoms with Crippen LogP contribution in [0, 0.1) is 0 Å². The number of nitrogens with zero attached hydrogens (tertiary/aromatic N) is 2. The molecule has 5 nitrogen and oxygen atoms in total. The van der Waals surface area contributed by atoms with E-state index in [9.17, 15) is 22.0 Å². The van der Waals surface area contributed by atoms with Gasteiger partial charge in [0.1, 0.15) is 12.4 Å². The number of alkyl halides is 5. The van der Waals surface area contributed by atoms with E-state index in [4.69, 9.17) is 4.74 Å². The van der Waals surface area contributed by atoms with Crippen molar-refractivity contribution in [2.24, 2.45) is 4.99 Å². The van der Waals surface area contributed by atoms with Crippen LogP contribution in [-0.2, 0) is 6.54 Å². The average molecular weight is 394 g/mol. The lowest BCUT2D eigenvalue weighted by Crippen LogP contribution is -2.44. The molecule has 0 aliphatic carbocycles. The second kappa shape index (κ2) is 9.72.